The quantitative estimate of drug-likeness (QED) is 0.853. The topological polar surface area (TPSA) is 76.2 Å². The minimum atomic E-state index is -1.09. The standard InChI is InChI=1S/C14H14N2O3/c1-3-10-4-6-11(7-5-10)8-12(14(17)18)13-16-15-9(2)19-13/h4-8H,3H2,1-2H3,(H,17,18)/b12-8-. The predicted molar refractivity (Wildman–Crippen MR) is 70.4 cm³/mol. The summed E-state index contributed by atoms with van der Waals surface area (Å²) in [6.07, 6.45) is 2.47. The Morgan fingerprint density at radius 2 is 2.00 bits per heavy atom. The lowest BCUT2D eigenvalue weighted by Gasteiger charge is -1.99. The van der Waals surface area contributed by atoms with Gasteiger partial charge in [-0.1, -0.05) is 31.2 Å². The number of aliphatic carboxylic acids is 1. The van der Waals surface area contributed by atoms with Gasteiger partial charge in [-0.05, 0) is 23.6 Å². The van der Waals surface area contributed by atoms with Crippen LogP contribution in [0.25, 0.3) is 11.6 Å². The molecule has 5 nitrogen and oxygen atoms in total. The van der Waals surface area contributed by atoms with Gasteiger partial charge in [0.05, 0.1) is 0 Å². The Morgan fingerprint density at radius 1 is 1.32 bits per heavy atom. The van der Waals surface area contributed by atoms with Gasteiger partial charge in [-0.15, -0.1) is 10.2 Å². The third-order valence-electron chi connectivity index (χ3n) is 2.69. The van der Waals surface area contributed by atoms with Gasteiger partial charge in [0, 0.05) is 6.92 Å². The van der Waals surface area contributed by atoms with Crippen molar-refractivity contribution in [3.8, 4) is 0 Å². The van der Waals surface area contributed by atoms with E-state index in [2.05, 4.69) is 17.1 Å². The molecule has 2 aromatic rings. The van der Waals surface area contributed by atoms with Crippen molar-refractivity contribution in [2.75, 3.05) is 0 Å². The van der Waals surface area contributed by atoms with Crippen molar-refractivity contribution in [1.29, 1.82) is 0 Å². The fourth-order valence-corrected chi connectivity index (χ4v) is 1.64. The molecule has 0 fully saturated rings. The lowest BCUT2D eigenvalue weighted by Crippen LogP contribution is -2.00. The number of nitrogens with zero attached hydrogens (tertiary/aromatic N) is 2. The molecule has 0 saturated carbocycles. The molecule has 0 bridgehead atoms. The van der Waals surface area contributed by atoms with Crippen LogP contribution in [0.4, 0.5) is 0 Å². The number of aromatic nitrogens is 2. The molecule has 0 unspecified atom stereocenters. The molecule has 2 rings (SSSR count). The van der Waals surface area contributed by atoms with Crippen molar-refractivity contribution in [3.05, 3.63) is 47.2 Å². The van der Waals surface area contributed by atoms with Crippen molar-refractivity contribution in [2.45, 2.75) is 20.3 Å². The molecule has 5 heteroatoms. The lowest BCUT2D eigenvalue weighted by atomic mass is 10.1. The first-order chi connectivity index (χ1) is 9.10. The SMILES string of the molecule is CCc1ccc(/C=C(\C(=O)O)c2nnc(C)o2)cc1. The highest BCUT2D eigenvalue weighted by Crippen LogP contribution is 2.18. The first-order valence-corrected chi connectivity index (χ1v) is 5.94. The van der Waals surface area contributed by atoms with Crippen LogP contribution in [0.2, 0.25) is 0 Å². The molecule has 0 atom stereocenters. The van der Waals surface area contributed by atoms with E-state index >= 15 is 0 Å². The molecule has 0 aliphatic carbocycles. The zero-order valence-electron chi connectivity index (χ0n) is 10.8. The highest BCUT2D eigenvalue weighted by Gasteiger charge is 2.16. The highest BCUT2D eigenvalue weighted by molar-refractivity contribution is 6.19. The van der Waals surface area contributed by atoms with E-state index < -0.39 is 5.97 Å². The van der Waals surface area contributed by atoms with Gasteiger partial charge in [0.25, 0.3) is 5.89 Å². The smallest absolute Gasteiger partial charge is 0.341 e. The van der Waals surface area contributed by atoms with Crippen molar-refractivity contribution < 1.29 is 14.3 Å². The largest absolute Gasteiger partial charge is 0.477 e. The average molecular weight is 258 g/mol. The van der Waals surface area contributed by atoms with Gasteiger partial charge in [0.1, 0.15) is 5.57 Å². The Bertz CT molecular complexity index is 612. The molecule has 0 spiro atoms. The Morgan fingerprint density at radius 3 is 2.47 bits per heavy atom. The van der Waals surface area contributed by atoms with E-state index in [9.17, 15) is 9.90 Å². The molecule has 19 heavy (non-hydrogen) atoms. The summed E-state index contributed by atoms with van der Waals surface area (Å²) in [6.45, 7) is 3.68. The van der Waals surface area contributed by atoms with E-state index in [1.165, 1.54) is 11.6 Å². The Labute approximate surface area is 110 Å². The zero-order valence-corrected chi connectivity index (χ0v) is 10.8. The average Bonchev–Trinajstić information content (AvgIpc) is 2.82. The third kappa shape index (κ3) is 3.07. The van der Waals surface area contributed by atoms with Crippen LogP contribution in [0.1, 0.15) is 29.8 Å². The van der Waals surface area contributed by atoms with Crippen LogP contribution in [0.5, 0.6) is 0 Å². The number of hydrogen-bond acceptors (Lipinski definition) is 4. The summed E-state index contributed by atoms with van der Waals surface area (Å²) < 4.78 is 5.15. The number of hydrogen-bond donors (Lipinski definition) is 1. The van der Waals surface area contributed by atoms with E-state index in [1.54, 1.807) is 6.92 Å². The fraction of sp³-hybridized carbons (Fsp3) is 0.214. The van der Waals surface area contributed by atoms with Gasteiger partial charge in [0.15, 0.2) is 0 Å². The number of carboxylic acids is 1. The summed E-state index contributed by atoms with van der Waals surface area (Å²) in [7, 11) is 0. The zero-order chi connectivity index (χ0) is 13.8. The van der Waals surface area contributed by atoms with Crippen molar-refractivity contribution >= 4 is 17.6 Å². The lowest BCUT2D eigenvalue weighted by molar-refractivity contribution is -0.130. The van der Waals surface area contributed by atoms with E-state index in [1.807, 2.05) is 24.3 Å². The minimum Gasteiger partial charge on any atom is -0.477 e. The number of rotatable bonds is 4. The molecular formula is C14H14N2O3. The van der Waals surface area contributed by atoms with E-state index in [4.69, 9.17) is 4.42 Å². The van der Waals surface area contributed by atoms with E-state index in [0.717, 1.165) is 12.0 Å². The number of aryl methyl sites for hydroxylation is 2. The molecule has 0 aliphatic heterocycles. The molecule has 1 heterocycles. The number of carbonyl (C=O) groups is 1. The second-order valence-electron chi connectivity index (χ2n) is 4.08. The summed E-state index contributed by atoms with van der Waals surface area (Å²) >= 11 is 0. The third-order valence-corrected chi connectivity index (χ3v) is 2.69. The van der Waals surface area contributed by atoms with Crippen LogP contribution in [-0.2, 0) is 11.2 Å². The van der Waals surface area contributed by atoms with Crippen LogP contribution >= 0.6 is 0 Å². The van der Waals surface area contributed by atoms with Crippen LogP contribution in [-0.4, -0.2) is 21.3 Å². The summed E-state index contributed by atoms with van der Waals surface area (Å²) in [4.78, 5) is 11.2. The molecule has 0 saturated heterocycles. The Hall–Kier alpha value is -2.43. The maximum absolute atomic E-state index is 11.2. The van der Waals surface area contributed by atoms with Gasteiger partial charge < -0.3 is 9.52 Å². The van der Waals surface area contributed by atoms with Crippen LogP contribution in [0.15, 0.2) is 28.7 Å². The second-order valence-corrected chi connectivity index (χ2v) is 4.08. The number of benzene rings is 1. The molecule has 98 valence electrons. The Kier molecular flexibility index (Phi) is 3.75. The summed E-state index contributed by atoms with van der Waals surface area (Å²) in [5, 5.41) is 16.6. The number of carboxylic acid groups (broad SMARTS) is 1. The van der Waals surface area contributed by atoms with E-state index in [0.29, 0.717) is 5.89 Å². The maximum atomic E-state index is 11.2. The van der Waals surface area contributed by atoms with Gasteiger partial charge in [0.2, 0.25) is 5.89 Å². The minimum absolute atomic E-state index is 0.00940. The monoisotopic (exact) mass is 258 g/mol. The van der Waals surface area contributed by atoms with Crippen LogP contribution in [0.3, 0.4) is 0 Å². The molecule has 1 aromatic heterocycles. The normalized spacial score (nSPS) is 11.6. The van der Waals surface area contributed by atoms with Crippen molar-refractivity contribution in [3.63, 3.8) is 0 Å². The molecule has 0 aliphatic rings. The van der Waals surface area contributed by atoms with Crippen LogP contribution < -0.4 is 0 Å². The molecule has 0 amide bonds. The fourth-order valence-electron chi connectivity index (χ4n) is 1.64. The summed E-state index contributed by atoms with van der Waals surface area (Å²) in [6, 6.07) is 7.66. The summed E-state index contributed by atoms with van der Waals surface area (Å²) in [5.41, 5.74) is 1.97. The predicted octanol–water partition coefficient (Wildman–Crippen LogP) is 2.57. The van der Waals surface area contributed by atoms with Crippen molar-refractivity contribution in [2.24, 2.45) is 0 Å². The van der Waals surface area contributed by atoms with Gasteiger partial charge in [-0.3, -0.25) is 0 Å². The molecule has 1 aromatic carbocycles. The highest BCUT2D eigenvalue weighted by atomic mass is 16.4. The Balaban J connectivity index is 2.37. The second kappa shape index (κ2) is 5.48. The van der Waals surface area contributed by atoms with Crippen molar-refractivity contribution in [1.82, 2.24) is 10.2 Å². The summed E-state index contributed by atoms with van der Waals surface area (Å²) in [5.74, 6) is -0.740. The van der Waals surface area contributed by atoms with Gasteiger partial charge in [-0.2, -0.15) is 0 Å². The molecule has 1 N–H and O–H groups in total. The van der Waals surface area contributed by atoms with Crippen LogP contribution in [0, 0.1) is 6.92 Å². The molecular weight excluding hydrogens is 244 g/mol. The molecule has 0 radical (unpaired) electrons. The first-order valence-electron chi connectivity index (χ1n) is 5.94. The van der Waals surface area contributed by atoms with Gasteiger partial charge in [-0.25, -0.2) is 4.79 Å². The van der Waals surface area contributed by atoms with Gasteiger partial charge >= 0.3 is 5.97 Å². The van der Waals surface area contributed by atoms with E-state index in [-0.39, 0.29) is 11.5 Å². The maximum Gasteiger partial charge on any atom is 0.341 e. The first kappa shape index (κ1) is 13.0.